The summed E-state index contributed by atoms with van der Waals surface area (Å²) in [7, 11) is -0.446. The maximum Gasteiger partial charge on any atom is 0.180 e. The van der Waals surface area contributed by atoms with E-state index in [1.165, 1.54) is 15.9 Å². The Morgan fingerprint density at radius 3 is 0.913 bits per heavy atom. The molecule has 0 heterocycles. The molecule has 118 valence electrons. The van der Waals surface area contributed by atoms with E-state index < -0.39 is 12.2 Å². The minimum atomic E-state index is -0.750. The van der Waals surface area contributed by atoms with E-state index in [-0.39, 0.29) is 0 Å². The SMILES string of the molecule is ClC(Cl)Cl.c1ccc(P(c2ccccc2)c2ccccc2)cc1. The summed E-state index contributed by atoms with van der Waals surface area (Å²) < 4.78 is -0.750. The van der Waals surface area contributed by atoms with Crippen LogP contribution in [0, 0.1) is 0 Å². The molecule has 0 spiro atoms. The van der Waals surface area contributed by atoms with E-state index in [1.54, 1.807) is 0 Å². The van der Waals surface area contributed by atoms with Gasteiger partial charge in [-0.05, 0) is 23.8 Å². The smallest absolute Gasteiger partial charge is 0.0874 e. The number of alkyl halides is 3. The van der Waals surface area contributed by atoms with Crippen molar-refractivity contribution in [3.63, 3.8) is 0 Å². The van der Waals surface area contributed by atoms with Crippen molar-refractivity contribution in [3.8, 4) is 0 Å². The third-order valence-electron chi connectivity index (χ3n) is 3.04. The Balaban J connectivity index is 0.000000433. The van der Waals surface area contributed by atoms with E-state index in [0.717, 1.165) is 0 Å². The van der Waals surface area contributed by atoms with Crippen LogP contribution in [0.2, 0.25) is 0 Å². The molecule has 0 aliphatic rings. The van der Waals surface area contributed by atoms with Gasteiger partial charge in [0.15, 0.2) is 4.30 Å². The Morgan fingerprint density at radius 2 is 0.696 bits per heavy atom. The molecule has 0 unspecified atom stereocenters. The molecule has 0 aliphatic heterocycles. The summed E-state index contributed by atoms with van der Waals surface area (Å²) >= 11 is 14.4. The molecular formula is C19H16Cl3P. The van der Waals surface area contributed by atoms with Crippen molar-refractivity contribution in [2.24, 2.45) is 0 Å². The first-order valence-electron chi connectivity index (χ1n) is 7.06. The molecule has 0 atom stereocenters. The Morgan fingerprint density at radius 1 is 0.478 bits per heavy atom. The van der Waals surface area contributed by atoms with Crippen molar-refractivity contribution in [1.82, 2.24) is 0 Å². The number of halogens is 3. The highest BCUT2D eigenvalue weighted by atomic mass is 35.6. The highest BCUT2D eigenvalue weighted by Gasteiger charge is 2.14. The molecule has 0 nitrogen and oxygen atoms in total. The van der Waals surface area contributed by atoms with Gasteiger partial charge in [0.25, 0.3) is 0 Å². The lowest BCUT2D eigenvalue weighted by Crippen LogP contribution is -2.20. The number of rotatable bonds is 3. The Labute approximate surface area is 153 Å². The van der Waals surface area contributed by atoms with Gasteiger partial charge in [-0.3, -0.25) is 0 Å². The molecule has 3 aromatic rings. The second kappa shape index (κ2) is 9.96. The van der Waals surface area contributed by atoms with Crippen LogP contribution in [-0.2, 0) is 0 Å². The topological polar surface area (TPSA) is 0 Å². The van der Waals surface area contributed by atoms with Gasteiger partial charge in [0, 0.05) is 0 Å². The van der Waals surface area contributed by atoms with Crippen LogP contribution < -0.4 is 15.9 Å². The summed E-state index contributed by atoms with van der Waals surface area (Å²) in [6.45, 7) is 0. The minimum Gasteiger partial charge on any atom is -0.0874 e. The second-order valence-electron chi connectivity index (χ2n) is 4.59. The molecular weight excluding hydrogens is 366 g/mol. The first kappa shape index (κ1) is 18.3. The molecule has 23 heavy (non-hydrogen) atoms. The lowest BCUT2D eigenvalue weighted by molar-refractivity contribution is 1.74. The van der Waals surface area contributed by atoms with Crippen molar-refractivity contribution >= 4 is 58.6 Å². The minimum absolute atomic E-state index is 0.446. The number of hydrogen-bond acceptors (Lipinski definition) is 0. The number of benzene rings is 3. The molecule has 0 saturated carbocycles. The summed E-state index contributed by atoms with van der Waals surface area (Å²) in [5.74, 6) is 0. The summed E-state index contributed by atoms with van der Waals surface area (Å²) in [5, 5.41) is 4.19. The van der Waals surface area contributed by atoms with Crippen LogP contribution in [-0.4, -0.2) is 4.30 Å². The standard InChI is InChI=1S/C18H15P.CHCl3/c1-4-10-16(11-5-1)19(17-12-6-2-7-13-17)18-14-8-3-9-15-18;2-1(3)4/h1-15H;1H. The first-order chi connectivity index (χ1) is 11.2. The van der Waals surface area contributed by atoms with E-state index in [0.29, 0.717) is 0 Å². The first-order valence-corrected chi connectivity index (χ1v) is 9.71. The molecule has 0 bridgehead atoms. The largest absolute Gasteiger partial charge is 0.180 e. The monoisotopic (exact) mass is 380 g/mol. The third kappa shape index (κ3) is 6.16. The van der Waals surface area contributed by atoms with Crippen LogP contribution in [0.25, 0.3) is 0 Å². The molecule has 0 fully saturated rings. The zero-order chi connectivity index (χ0) is 16.5. The van der Waals surface area contributed by atoms with Crippen molar-refractivity contribution in [2.75, 3.05) is 0 Å². The van der Waals surface area contributed by atoms with Crippen molar-refractivity contribution in [2.45, 2.75) is 4.30 Å². The quantitative estimate of drug-likeness (QED) is 0.419. The summed E-state index contributed by atoms with van der Waals surface area (Å²) in [5.41, 5.74) is 0. The fraction of sp³-hybridized carbons (Fsp3) is 0.0526. The average Bonchev–Trinajstić information content (AvgIpc) is 2.58. The zero-order valence-corrected chi connectivity index (χ0v) is 15.5. The Kier molecular flexibility index (Phi) is 7.92. The summed E-state index contributed by atoms with van der Waals surface area (Å²) in [6, 6.07) is 32.3. The third-order valence-corrected chi connectivity index (χ3v) is 5.49. The van der Waals surface area contributed by atoms with Gasteiger partial charge in [-0.2, -0.15) is 0 Å². The molecule has 0 amide bonds. The molecule has 0 aliphatic carbocycles. The van der Waals surface area contributed by atoms with E-state index in [9.17, 15) is 0 Å². The Hall–Kier alpha value is -1.04. The van der Waals surface area contributed by atoms with Gasteiger partial charge in [0.2, 0.25) is 0 Å². The predicted octanol–water partition coefficient (Wildman–Crippen LogP) is 5.43. The molecule has 3 rings (SSSR count). The van der Waals surface area contributed by atoms with Gasteiger partial charge in [-0.1, -0.05) is 126 Å². The van der Waals surface area contributed by atoms with E-state index in [4.69, 9.17) is 34.8 Å². The van der Waals surface area contributed by atoms with Crippen molar-refractivity contribution < 1.29 is 0 Å². The van der Waals surface area contributed by atoms with Gasteiger partial charge in [0.1, 0.15) is 0 Å². The van der Waals surface area contributed by atoms with Gasteiger partial charge in [-0.25, -0.2) is 0 Å². The maximum atomic E-state index is 4.81. The van der Waals surface area contributed by atoms with Gasteiger partial charge in [0.05, 0.1) is 0 Å². The molecule has 0 radical (unpaired) electrons. The maximum absolute atomic E-state index is 4.81. The van der Waals surface area contributed by atoms with Gasteiger partial charge >= 0.3 is 0 Å². The Bertz CT molecular complexity index is 576. The van der Waals surface area contributed by atoms with Crippen LogP contribution in [0.15, 0.2) is 91.0 Å². The van der Waals surface area contributed by atoms with Crippen molar-refractivity contribution in [1.29, 1.82) is 0 Å². The second-order valence-corrected chi connectivity index (χ2v) is 8.79. The molecule has 0 N–H and O–H groups in total. The molecule has 4 heteroatoms. The summed E-state index contributed by atoms with van der Waals surface area (Å²) in [4.78, 5) is 0. The van der Waals surface area contributed by atoms with Gasteiger partial charge in [-0.15, -0.1) is 0 Å². The fourth-order valence-corrected chi connectivity index (χ4v) is 4.48. The lowest BCUT2D eigenvalue weighted by atomic mass is 10.4. The van der Waals surface area contributed by atoms with Gasteiger partial charge < -0.3 is 0 Å². The molecule has 3 aromatic carbocycles. The highest BCUT2D eigenvalue weighted by Crippen LogP contribution is 2.32. The van der Waals surface area contributed by atoms with Crippen LogP contribution in [0.4, 0.5) is 0 Å². The highest BCUT2D eigenvalue weighted by molar-refractivity contribution is 7.79. The molecule has 0 aromatic heterocycles. The molecule has 0 saturated heterocycles. The van der Waals surface area contributed by atoms with Crippen LogP contribution in [0.1, 0.15) is 0 Å². The number of hydrogen-bond donors (Lipinski definition) is 0. The van der Waals surface area contributed by atoms with Crippen LogP contribution >= 0.6 is 42.7 Å². The zero-order valence-electron chi connectivity index (χ0n) is 12.3. The van der Waals surface area contributed by atoms with Crippen LogP contribution in [0.3, 0.4) is 0 Å². The predicted molar refractivity (Wildman–Crippen MR) is 106 cm³/mol. The van der Waals surface area contributed by atoms with E-state index in [1.807, 2.05) is 0 Å². The average molecular weight is 382 g/mol. The fourth-order valence-electron chi connectivity index (χ4n) is 2.18. The van der Waals surface area contributed by atoms with E-state index >= 15 is 0 Å². The lowest BCUT2D eigenvalue weighted by Gasteiger charge is -2.18. The van der Waals surface area contributed by atoms with Crippen LogP contribution in [0.5, 0.6) is 0 Å². The summed E-state index contributed by atoms with van der Waals surface area (Å²) in [6.07, 6.45) is 0. The van der Waals surface area contributed by atoms with E-state index in [2.05, 4.69) is 91.0 Å². The normalized spacial score (nSPS) is 10.3. The van der Waals surface area contributed by atoms with Crippen molar-refractivity contribution in [3.05, 3.63) is 91.0 Å².